The Labute approximate surface area is 132 Å². The Balaban J connectivity index is 2.40. The first-order valence-corrected chi connectivity index (χ1v) is 7.11. The molecule has 1 aliphatic rings. The average Bonchev–Trinajstić information content (AvgIpc) is 2.68. The van der Waals surface area contributed by atoms with Crippen LogP contribution in [0.5, 0.6) is 0 Å². The number of ketones is 1. The Morgan fingerprint density at radius 2 is 1.81 bits per heavy atom. The minimum Gasteiger partial charge on any atom is -0.342 e. The van der Waals surface area contributed by atoms with Crippen molar-refractivity contribution < 1.29 is 14.4 Å². The fourth-order valence-corrected chi connectivity index (χ4v) is 2.54. The Kier molecular flexibility index (Phi) is 4.25. The van der Waals surface area contributed by atoms with E-state index in [0.29, 0.717) is 0 Å². The molecule has 0 radical (unpaired) electrons. The molecule has 0 saturated carbocycles. The number of anilines is 1. The van der Waals surface area contributed by atoms with Gasteiger partial charge in [-0.2, -0.15) is 0 Å². The predicted octanol–water partition coefficient (Wildman–Crippen LogP) is 2.39. The largest absolute Gasteiger partial charge is 0.342 e. The zero-order chi connectivity index (χ0) is 15.9. The standard InChI is InChI=1S/C14H14Cl2N2O3/c1-7(2)17(3)10(19)6-18-12-9(16)5-4-8(15)11(12)13(20)14(18)21/h4-5,7H,6H2,1-3H3. The topological polar surface area (TPSA) is 57.7 Å². The van der Waals surface area contributed by atoms with Crippen molar-refractivity contribution in [2.75, 3.05) is 18.5 Å². The molecule has 0 bridgehead atoms. The summed E-state index contributed by atoms with van der Waals surface area (Å²) in [4.78, 5) is 38.8. The molecule has 0 unspecified atom stereocenters. The van der Waals surface area contributed by atoms with Gasteiger partial charge in [-0.05, 0) is 26.0 Å². The maximum absolute atomic E-state index is 12.1. The highest BCUT2D eigenvalue weighted by molar-refractivity contribution is 6.57. The molecule has 5 nitrogen and oxygen atoms in total. The number of carbonyl (C=O) groups excluding carboxylic acids is 3. The van der Waals surface area contributed by atoms with Crippen LogP contribution in [0.25, 0.3) is 0 Å². The summed E-state index contributed by atoms with van der Waals surface area (Å²) in [5, 5.41) is 0.369. The molecule has 0 spiro atoms. The van der Waals surface area contributed by atoms with E-state index in [2.05, 4.69) is 0 Å². The summed E-state index contributed by atoms with van der Waals surface area (Å²) in [7, 11) is 1.63. The Bertz CT molecular complexity index is 643. The van der Waals surface area contributed by atoms with Crippen LogP contribution in [-0.2, 0) is 9.59 Å². The molecular formula is C14H14Cl2N2O3. The van der Waals surface area contributed by atoms with Crippen molar-refractivity contribution in [3.05, 3.63) is 27.7 Å². The highest BCUT2D eigenvalue weighted by Gasteiger charge is 2.40. The minimum absolute atomic E-state index is 0.0137. The lowest BCUT2D eigenvalue weighted by molar-refractivity contribution is -0.131. The molecule has 1 aliphatic heterocycles. The summed E-state index contributed by atoms with van der Waals surface area (Å²) in [5.74, 6) is -1.81. The van der Waals surface area contributed by atoms with Crippen molar-refractivity contribution in [2.24, 2.45) is 0 Å². The third-order valence-corrected chi connectivity index (χ3v) is 4.10. The highest BCUT2D eigenvalue weighted by atomic mass is 35.5. The first-order chi connectivity index (χ1) is 9.75. The van der Waals surface area contributed by atoms with Crippen molar-refractivity contribution >= 4 is 46.5 Å². The van der Waals surface area contributed by atoms with Gasteiger partial charge in [0.15, 0.2) is 0 Å². The number of hydrogen-bond donors (Lipinski definition) is 0. The number of halogens is 2. The molecule has 1 aromatic rings. The number of hydrogen-bond acceptors (Lipinski definition) is 3. The fraction of sp³-hybridized carbons (Fsp3) is 0.357. The van der Waals surface area contributed by atoms with Gasteiger partial charge in [-0.3, -0.25) is 19.3 Å². The van der Waals surface area contributed by atoms with Crippen LogP contribution in [-0.4, -0.2) is 42.1 Å². The molecule has 0 atom stereocenters. The number of likely N-dealkylation sites (N-methyl/N-ethyl adjacent to an activating group) is 1. The second-order valence-electron chi connectivity index (χ2n) is 5.07. The van der Waals surface area contributed by atoms with Gasteiger partial charge in [0.25, 0.3) is 11.7 Å². The highest BCUT2D eigenvalue weighted by Crippen LogP contribution is 2.39. The molecule has 112 valence electrons. The summed E-state index contributed by atoms with van der Waals surface area (Å²) >= 11 is 12.0. The van der Waals surface area contributed by atoms with Gasteiger partial charge >= 0.3 is 0 Å². The number of amides is 2. The van der Waals surface area contributed by atoms with Gasteiger partial charge in [0.05, 0.1) is 21.3 Å². The van der Waals surface area contributed by atoms with Crippen LogP contribution in [0.3, 0.4) is 0 Å². The third-order valence-electron chi connectivity index (χ3n) is 3.48. The maximum atomic E-state index is 12.1. The van der Waals surface area contributed by atoms with Crippen LogP contribution in [0, 0.1) is 0 Å². The van der Waals surface area contributed by atoms with Crippen molar-refractivity contribution in [2.45, 2.75) is 19.9 Å². The minimum atomic E-state index is -0.787. The van der Waals surface area contributed by atoms with E-state index in [1.165, 1.54) is 17.0 Å². The van der Waals surface area contributed by atoms with Crippen LogP contribution in [0.1, 0.15) is 24.2 Å². The second kappa shape index (κ2) is 5.66. The quantitative estimate of drug-likeness (QED) is 0.800. The van der Waals surface area contributed by atoms with Gasteiger partial charge < -0.3 is 4.90 Å². The summed E-state index contributed by atoms with van der Waals surface area (Å²) in [6.45, 7) is 3.46. The van der Waals surface area contributed by atoms with Crippen molar-refractivity contribution in [3.63, 3.8) is 0 Å². The van der Waals surface area contributed by atoms with Gasteiger partial charge in [0, 0.05) is 13.1 Å². The second-order valence-corrected chi connectivity index (χ2v) is 5.89. The fourth-order valence-electron chi connectivity index (χ4n) is 2.04. The number of fused-ring (bicyclic) bond motifs is 1. The molecule has 0 saturated heterocycles. The van der Waals surface area contributed by atoms with Crippen LogP contribution < -0.4 is 4.90 Å². The molecule has 0 aliphatic carbocycles. The van der Waals surface area contributed by atoms with E-state index in [4.69, 9.17) is 23.2 Å². The van der Waals surface area contributed by atoms with E-state index in [1.54, 1.807) is 7.05 Å². The lowest BCUT2D eigenvalue weighted by Crippen LogP contribution is -2.43. The molecule has 7 heteroatoms. The molecule has 0 aromatic heterocycles. The summed E-state index contributed by atoms with van der Waals surface area (Å²) in [6.07, 6.45) is 0. The summed E-state index contributed by atoms with van der Waals surface area (Å²) < 4.78 is 0. The Hall–Kier alpha value is -1.59. The predicted molar refractivity (Wildman–Crippen MR) is 81.1 cm³/mol. The first-order valence-electron chi connectivity index (χ1n) is 6.35. The Morgan fingerprint density at radius 1 is 1.24 bits per heavy atom. The number of carbonyl (C=O) groups is 3. The van der Waals surface area contributed by atoms with E-state index in [-0.39, 0.29) is 39.8 Å². The van der Waals surface area contributed by atoms with E-state index in [9.17, 15) is 14.4 Å². The van der Waals surface area contributed by atoms with E-state index in [0.717, 1.165) is 4.90 Å². The lowest BCUT2D eigenvalue weighted by Gasteiger charge is -2.25. The third kappa shape index (κ3) is 2.63. The molecule has 21 heavy (non-hydrogen) atoms. The Morgan fingerprint density at radius 3 is 2.38 bits per heavy atom. The number of nitrogens with zero attached hydrogens (tertiary/aromatic N) is 2. The normalized spacial score (nSPS) is 13.9. The molecule has 1 heterocycles. The number of Topliss-reactive ketones (excluding diaryl/α,β-unsaturated/α-hetero) is 1. The van der Waals surface area contributed by atoms with Crippen LogP contribution in [0.2, 0.25) is 10.0 Å². The smallest absolute Gasteiger partial charge is 0.300 e. The average molecular weight is 329 g/mol. The van der Waals surface area contributed by atoms with E-state index >= 15 is 0 Å². The van der Waals surface area contributed by atoms with Crippen LogP contribution in [0.4, 0.5) is 5.69 Å². The van der Waals surface area contributed by atoms with Gasteiger partial charge in [0.1, 0.15) is 6.54 Å². The van der Waals surface area contributed by atoms with Gasteiger partial charge in [-0.1, -0.05) is 23.2 Å². The summed E-state index contributed by atoms with van der Waals surface area (Å²) in [6, 6.07) is 2.94. The van der Waals surface area contributed by atoms with Crippen molar-refractivity contribution in [1.82, 2.24) is 4.90 Å². The molecule has 0 fully saturated rings. The summed E-state index contributed by atoms with van der Waals surface area (Å²) in [5.41, 5.74) is 0.277. The first kappa shape index (κ1) is 15.8. The van der Waals surface area contributed by atoms with Gasteiger partial charge in [-0.15, -0.1) is 0 Å². The van der Waals surface area contributed by atoms with Crippen LogP contribution in [0.15, 0.2) is 12.1 Å². The molecule has 2 amide bonds. The van der Waals surface area contributed by atoms with Crippen molar-refractivity contribution in [3.8, 4) is 0 Å². The number of rotatable bonds is 3. The zero-order valence-corrected chi connectivity index (χ0v) is 13.3. The van der Waals surface area contributed by atoms with Gasteiger partial charge in [-0.25, -0.2) is 0 Å². The van der Waals surface area contributed by atoms with E-state index < -0.39 is 11.7 Å². The molecular weight excluding hydrogens is 315 g/mol. The lowest BCUT2D eigenvalue weighted by atomic mass is 10.1. The SMILES string of the molecule is CC(C)N(C)C(=O)CN1C(=O)C(=O)c2c(Cl)ccc(Cl)c21. The maximum Gasteiger partial charge on any atom is 0.300 e. The number of benzene rings is 1. The van der Waals surface area contributed by atoms with E-state index in [1.807, 2.05) is 13.8 Å². The molecule has 2 rings (SSSR count). The molecule has 0 N–H and O–H groups in total. The van der Waals surface area contributed by atoms with Crippen LogP contribution >= 0.6 is 23.2 Å². The van der Waals surface area contributed by atoms with Crippen molar-refractivity contribution in [1.29, 1.82) is 0 Å². The zero-order valence-electron chi connectivity index (χ0n) is 11.8. The monoisotopic (exact) mass is 328 g/mol. The van der Waals surface area contributed by atoms with Gasteiger partial charge in [0.2, 0.25) is 5.91 Å². The molecule has 1 aromatic carbocycles.